The first-order valence-electron chi connectivity index (χ1n) is 6.60. The van der Waals surface area contributed by atoms with Crippen LogP contribution in [0.1, 0.15) is 27.2 Å². The van der Waals surface area contributed by atoms with Gasteiger partial charge in [-0.25, -0.2) is 0 Å². The number of benzene rings is 2. The third kappa shape index (κ3) is 4.25. The molecule has 0 N–H and O–H groups in total. The largest absolute Gasteiger partial charge is 0.493 e. The highest BCUT2D eigenvalue weighted by Gasteiger charge is 2.03. The first kappa shape index (κ1) is 14.3. The third-order valence-electron chi connectivity index (χ3n) is 2.27. The Labute approximate surface area is 110 Å². The minimum atomic E-state index is 0.698. The van der Waals surface area contributed by atoms with Crippen LogP contribution in [0.15, 0.2) is 54.6 Å². The topological polar surface area (TPSA) is 9.23 Å². The lowest BCUT2D eigenvalue weighted by molar-refractivity contribution is 0.341. The second-order valence-electron chi connectivity index (χ2n) is 4.00. The van der Waals surface area contributed by atoms with Crippen molar-refractivity contribution in [1.29, 1.82) is 0 Å². The summed E-state index contributed by atoms with van der Waals surface area (Å²) in [7, 11) is 0. The van der Waals surface area contributed by atoms with Gasteiger partial charge in [-0.05, 0) is 18.6 Å². The number of hydrogen-bond donors (Lipinski definition) is 0. The highest BCUT2D eigenvalue weighted by molar-refractivity contribution is 5.70. The maximum Gasteiger partial charge on any atom is 0.127 e. The molecular weight excluding hydrogens is 220 g/mol. The van der Waals surface area contributed by atoms with Crippen LogP contribution in [0.25, 0.3) is 11.1 Å². The van der Waals surface area contributed by atoms with Gasteiger partial charge in [0.1, 0.15) is 5.75 Å². The molecule has 0 bridgehead atoms. The highest BCUT2D eigenvalue weighted by Crippen LogP contribution is 2.29. The Hall–Kier alpha value is -1.76. The fraction of sp³-hybridized carbons (Fsp3) is 0.294. The lowest BCUT2D eigenvalue weighted by atomic mass is 10.1. The molecule has 0 aliphatic carbocycles. The van der Waals surface area contributed by atoms with Crippen LogP contribution in [-0.2, 0) is 0 Å². The summed E-state index contributed by atoms with van der Waals surface area (Å²) in [5, 5.41) is 0. The molecule has 96 valence electrons. The van der Waals surface area contributed by atoms with E-state index >= 15 is 0 Å². The van der Waals surface area contributed by atoms with E-state index in [1.54, 1.807) is 0 Å². The van der Waals surface area contributed by atoms with Crippen LogP contribution >= 0.6 is 0 Å². The van der Waals surface area contributed by atoms with Crippen molar-refractivity contribution in [3.8, 4) is 16.9 Å². The molecule has 0 fully saturated rings. The first-order chi connectivity index (χ1) is 8.83. The van der Waals surface area contributed by atoms with Crippen LogP contribution in [-0.4, -0.2) is 6.61 Å². The molecule has 2 rings (SSSR count). The van der Waals surface area contributed by atoms with Crippen molar-refractivity contribution in [2.75, 3.05) is 6.61 Å². The predicted octanol–water partition coefficient (Wildman–Crippen LogP) is 5.17. The van der Waals surface area contributed by atoms with E-state index < -0.39 is 0 Å². The molecule has 0 aliphatic heterocycles. The van der Waals surface area contributed by atoms with Gasteiger partial charge in [0.25, 0.3) is 0 Å². The van der Waals surface area contributed by atoms with E-state index in [2.05, 4.69) is 32.0 Å². The fourth-order valence-corrected chi connectivity index (χ4v) is 1.60. The molecule has 0 atom stereocenters. The number of ether oxygens (including phenoxy) is 1. The Balaban J connectivity index is 0.000000492. The van der Waals surface area contributed by atoms with E-state index in [1.165, 1.54) is 12.0 Å². The Morgan fingerprint density at radius 2 is 1.33 bits per heavy atom. The van der Waals surface area contributed by atoms with Crippen molar-refractivity contribution in [3.63, 3.8) is 0 Å². The molecule has 0 aliphatic rings. The molecule has 1 nitrogen and oxygen atoms in total. The second-order valence-corrected chi connectivity index (χ2v) is 4.00. The van der Waals surface area contributed by atoms with Crippen molar-refractivity contribution in [1.82, 2.24) is 0 Å². The quantitative estimate of drug-likeness (QED) is 0.721. The van der Waals surface area contributed by atoms with E-state index in [4.69, 9.17) is 4.74 Å². The Morgan fingerprint density at radius 1 is 0.778 bits per heavy atom. The average molecular weight is 242 g/mol. The summed E-state index contributed by atoms with van der Waals surface area (Å²) in [6.07, 6.45) is 1.25. The number of para-hydroxylation sites is 1. The smallest absolute Gasteiger partial charge is 0.127 e. The molecule has 0 aromatic heterocycles. The summed E-state index contributed by atoms with van der Waals surface area (Å²) >= 11 is 0. The van der Waals surface area contributed by atoms with Crippen molar-refractivity contribution >= 4 is 0 Å². The van der Waals surface area contributed by atoms with Crippen molar-refractivity contribution in [2.45, 2.75) is 27.2 Å². The standard InChI is InChI=1S/C14H14O.C3H8/c1-2-15-14-11-7-6-10-13(14)12-8-4-3-5-9-12;1-3-2/h3-11H,2H2,1H3;3H2,1-2H3. The molecule has 0 unspecified atom stereocenters. The maximum atomic E-state index is 5.59. The SMILES string of the molecule is CCC.CCOc1ccccc1-c1ccccc1. The van der Waals surface area contributed by atoms with Gasteiger partial charge in [-0.3, -0.25) is 0 Å². The van der Waals surface area contributed by atoms with Gasteiger partial charge in [-0.2, -0.15) is 0 Å². The van der Waals surface area contributed by atoms with Crippen LogP contribution in [0.4, 0.5) is 0 Å². The lowest BCUT2D eigenvalue weighted by Gasteiger charge is -2.09. The van der Waals surface area contributed by atoms with Crippen LogP contribution in [0.2, 0.25) is 0 Å². The minimum absolute atomic E-state index is 0.698. The van der Waals surface area contributed by atoms with Gasteiger partial charge >= 0.3 is 0 Å². The second kappa shape index (κ2) is 8.35. The predicted molar refractivity (Wildman–Crippen MR) is 79.0 cm³/mol. The van der Waals surface area contributed by atoms with Crippen molar-refractivity contribution in [3.05, 3.63) is 54.6 Å². The van der Waals surface area contributed by atoms with Crippen LogP contribution in [0, 0.1) is 0 Å². The lowest BCUT2D eigenvalue weighted by Crippen LogP contribution is -1.93. The first-order valence-corrected chi connectivity index (χ1v) is 6.60. The summed E-state index contributed by atoms with van der Waals surface area (Å²) < 4.78 is 5.59. The summed E-state index contributed by atoms with van der Waals surface area (Å²) in [5.74, 6) is 0.950. The molecule has 2 aromatic rings. The summed E-state index contributed by atoms with van der Waals surface area (Å²) in [5.41, 5.74) is 2.35. The maximum absolute atomic E-state index is 5.59. The zero-order chi connectivity index (χ0) is 13.2. The van der Waals surface area contributed by atoms with Gasteiger partial charge in [0.05, 0.1) is 6.61 Å². The highest BCUT2D eigenvalue weighted by atomic mass is 16.5. The molecule has 0 radical (unpaired) electrons. The summed E-state index contributed by atoms with van der Waals surface area (Å²) in [6.45, 7) is 6.95. The van der Waals surface area contributed by atoms with Gasteiger partial charge in [0, 0.05) is 5.56 Å². The molecule has 0 spiro atoms. The molecule has 0 saturated heterocycles. The monoisotopic (exact) mass is 242 g/mol. The molecular formula is C17H22O. The van der Waals surface area contributed by atoms with E-state index in [9.17, 15) is 0 Å². The molecule has 0 saturated carbocycles. The Kier molecular flexibility index (Phi) is 6.63. The number of rotatable bonds is 3. The van der Waals surface area contributed by atoms with Gasteiger partial charge in [-0.15, -0.1) is 0 Å². The van der Waals surface area contributed by atoms with E-state index in [0.29, 0.717) is 6.61 Å². The summed E-state index contributed by atoms with van der Waals surface area (Å²) in [4.78, 5) is 0. The fourth-order valence-electron chi connectivity index (χ4n) is 1.60. The van der Waals surface area contributed by atoms with Crippen LogP contribution < -0.4 is 4.74 Å². The third-order valence-corrected chi connectivity index (χ3v) is 2.27. The van der Waals surface area contributed by atoms with E-state index in [0.717, 1.165) is 11.3 Å². The van der Waals surface area contributed by atoms with Crippen LogP contribution in [0.5, 0.6) is 5.75 Å². The normalized spacial score (nSPS) is 9.28. The molecule has 0 heterocycles. The van der Waals surface area contributed by atoms with E-state index in [1.807, 2.05) is 43.3 Å². The average Bonchev–Trinajstić information content (AvgIpc) is 2.42. The van der Waals surface area contributed by atoms with E-state index in [-0.39, 0.29) is 0 Å². The Morgan fingerprint density at radius 3 is 1.94 bits per heavy atom. The zero-order valence-corrected chi connectivity index (χ0v) is 11.5. The van der Waals surface area contributed by atoms with Gasteiger partial charge < -0.3 is 4.74 Å². The van der Waals surface area contributed by atoms with Gasteiger partial charge in [-0.1, -0.05) is 68.8 Å². The number of hydrogen-bond acceptors (Lipinski definition) is 1. The Bertz CT molecular complexity index is 434. The molecule has 2 aromatic carbocycles. The summed E-state index contributed by atoms with van der Waals surface area (Å²) in [6, 6.07) is 18.4. The van der Waals surface area contributed by atoms with Crippen molar-refractivity contribution in [2.24, 2.45) is 0 Å². The van der Waals surface area contributed by atoms with Gasteiger partial charge in [0.15, 0.2) is 0 Å². The minimum Gasteiger partial charge on any atom is -0.493 e. The molecule has 18 heavy (non-hydrogen) atoms. The van der Waals surface area contributed by atoms with Crippen molar-refractivity contribution < 1.29 is 4.74 Å². The van der Waals surface area contributed by atoms with Gasteiger partial charge in [0.2, 0.25) is 0 Å². The molecule has 0 amide bonds. The van der Waals surface area contributed by atoms with Crippen LogP contribution in [0.3, 0.4) is 0 Å². The molecule has 1 heteroatoms. The zero-order valence-electron chi connectivity index (χ0n) is 11.5.